The molecular formula is C21H30N4O2. The highest BCUT2D eigenvalue weighted by Gasteiger charge is 2.41. The maximum atomic E-state index is 6.03. The van der Waals surface area contributed by atoms with Crippen molar-refractivity contribution in [3.05, 3.63) is 48.0 Å². The van der Waals surface area contributed by atoms with Gasteiger partial charge in [-0.15, -0.1) is 0 Å². The molecule has 2 saturated heterocycles. The number of benzene rings is 1. The highest BCUT2D eigenvalue weighted by atomic mass is 16.5. The predicted molar refractivity (Wildman–Crippen MR) is 105 cm³/mol. The average Bonchev–Trinajstić information content (AvgIpc) is 3.20. The molecule has 1 aromatic carbocycles. The maximum absolute atomic E-state index is 6.03. The fourth-order valence-corrected chi connectivity index (χ4v) is 4.36. The quantitative estimate of drug-likeness (QED) is 0.807. The van der Waals surface area contributed by atoms with Gasteiger partial charge in [-0.3, -0.25) is 9.80 Å². The van der Waals surface area contributed by atoms with E-state index in [-0.39, 0.29) is 5.41 Å². The Kier molecular flexibility index (Phi) is 5.48. The van der Waals surface area contributed by atoms with Crippen molar-refractivity contribution in [2.24, 2.45) is 12.5 Å². The minimum atomic E-state index is 0.230. The second-order valence-electron chi connectivity index (χ2n) is 8.03. The topological polar surface area (TPSA) is 42.8 Å². The van der Waals surface area contributed by atoms with Crippen LogP contribution in [-0.2, 0) is 24.9 Å². The van der Waals surface area contributed by atoms with Gasteiger partial charge >= 0.3 is 0 Å². The second-order valence-corrected chi connectivity index (χ2v) is 8.03. The smallest absolute Gasteiger partial charge is 0.122 e. The lowest BCUT2D eigenvalue weighted by Gasteiger charge is -2.32. The summed E-state index contributed by atoms with van der Waals surface area (Å²) < 4.78 is 13.4. The van der Waals surface area contributed by atoms with Gasteiger partial charge in [0.1, 0.15) is 11.6 Å². The molecule has 1 unspecified atom stereocenters. The molecule has 2 fully saturated rings. The van der Waals surface area contributed by atoms with Gasteiger partial charge in [-0.2, -0.15) is 0 Å². The summed E-state index contributed by atoms with van der Waals surface area (Å²) in [6.45, 7) is 7.85. The van der Waals surface area contributed by atoms with Crippen LogP contribution in [0.1, 0.15) is 17.8 Å². The molecule has 0 radical (unpaired) electrons. The lowest BCUT2D eigenvalue weighted by Crippen LogP contribution is -2.40. The molecule has 2 aliphatic rings. The van der Waals surface area contributed by atoms with Gasteiger partial charge in [-0.05, 0) is 30.7 Å². The number of ether oxygens (including phenoxy) is 2. The van der Waals surface area contributed by atoms with E-state index in [2.05, 4.69) is 38.5 Å². The Labute approximate surface area is 161 Å². The van der Waals surface area contributed by atoms with E-state index in [4.69, 9.17) is 9.47 Å². The van der Waals surface area contributed by atoms with Crippen molar-refractivity contribution in [3.63, 3.8) is 0 Å². The Morgan fingerprint density at radius 2 is 1.89 bits per heavy atom. The largest absolute Gasteiger partial charge is 0.497 e. The van der Waals surface area contributed by atoms with Crippen LogP contribution in [0.3, 0.4) is 0 Å². The Morgan fingerprint density at radius 3 is 2.59 bits per heavy atom. The number of aromatic nitrogens is 2. The molecular weight excluding hydrogens is 340 g/mol. The second kappa shape index (κ2) is 8.00. The van der Waals surface area contributed by atoms with Gasteiger partial charge in [0.25, 0.3) is 0 Å². The number of likely N-dealkylation sites (tertiary alicyclic amines) is 1. The average molecular weight is 370 g/mol. The van der Waals surface area contributed by atoms with Gasteiger partial charge in [0.05, 0.1) is 26.9 Å². The molecule has 146 valence electrons. The van der Waals surface area contributed by atoms with E-state index in [1.807, 2.05) is 24.5 Å². The Balaban J connectivity index is 1.39. The van der Waals surface area contributed by atoms with Gasteiger partial charge in [-0.25, -0.2) is 4.98 Å². The first-order chi connectivity index (χ1) is 13.2. The number of aryl methyl sites for hydroxylation is 1. The molecule has 1 atom stereocenters. The summed E-state index contributed by atoms with van der Waals surface area (Å²) in [5, 5.41) is 0. The molecule has 1 aromatic heterocycles. The molecule has 6 heteroatoms. The fourth-order valence-electron chi connectivity index (χ4n) is 4.36. The standard InChI is InChI=1S/C21H30N4O2/c1-23-10-8-22-20(23)14-24-9-7-21(15-24)16-25(11-12-27-17-21)13-18-3-5-19(26-2)6-4-18/h3-6,8,10H,7,9,11-17H2,1-2H3. The van der Waals surface area contributed by atoms with Crippen LogP contribution < -0.4 is 4.74 Å². The van der Waals surface area contributed by atoms with Crippen LogP contribution >= 0.6 is 0 Å². The van der Waals surface area contributed by atoms with Crippen molar-refractivity contribution < 1.29 is 9.47 Å². The number of methoxy groups -OCH3 is 1. The van der Waals surface area contributed by atoms with Gasteiger partial charge in [0.15, 0.2) is 0 Å². The third-order valence-corrected chi connectivity index (χ3v) is 5.89. The van der Waals surface area contributed by atoms with Crippen LogP contribution in [0, 0.1) is 5.41 Å². The van der Waals surface area contributed by atoms with Crippen LogP contribution in [0.4, 0.5) is 0 Å². The normalized spacial score (nSPS) is 24.4. The first-order valence-corrected chi connectivity index (χ1v) is 9.77. The Bertz CT molecular complexity index is 745. The van der Waals surface area contributed by atoms with Crippen molar-refractivity contribution in [2.45, 2.75) is 19.5 Å². The molecule has 3 heterocycles. The minimum Gasteiger partial charge on any atom is -0.497 e. The van der Waals surface area contributed by atoms with Crippen LogP contribution in [0.15, 0.2) is 36.7 Å². The number of hydrogen-bond acceptors (Lipinski definition) is 5. The van der Waals surface area contributed by atoms with E-state index in [0.29, 0.717) is 0 Å². The number of hydrogen-bond donors (Lipinski definition) is 0. The highest BCUT2D eigenvalue weighted by Crippen LogP contribution is 2.34. The number of nitrogens with zero attached hydrogens (tertiary/aromatic N) is 4. The van der Waals surface area contributed by atoms with Crippen molar-refractivity contribution in [2.75, 3.05) is 46.5 Å². The third-order valence-electron chi connectivity index (χ3n) is 5.89. The summed E-state index contributed by atoms with van der Waals surface area (Å²) >= 11 is 0. The fraction of sp³-hybridized carbons (Fsp3) is 0.571. The van der Waals surface area contributed by atoms with E-state index < -0.39 is 0 Å². The summed E-state index contributed by atoms with van der Waals surface area (Å²) in [5.74, 6) is 2.05. The molecule has 2 aromatic rings. The molecule has 1 spiro atoms. The molecule has 0 aliphatic carbocycles. The maximum Gasteiger partial charge on any atom is 0.122 e. The molecule has 2 aliphatic heterocycles. The SMILES string of the molecule is COc1ccc(CN2CCOCC3(CCN(Cc4nccn4C)C3)C2)cc1. The molecule has 27 heavy (non-hydrogen) atoms. The summed E-state index contributed by atoms with van der Waals surface area (Å²) in [6, 6.07) is 8.42. The van der Waals surface area contributed by atoms with Crippen LogP contribution in [-0.4, -0.2) is 65.9 Å². The molecule has 6 nitrogen and oxygen atoms in total. The highest BCUT2D eigenvalue weighted by molar-refractivity contribution is 5.27. The zero-order valence-corrected chi connectivity index (χ0v) is 16.4. The summed E-state index contributed by atoms with van der Waals surface area (Å²) in [7, 11) is 3.78. The predicted octanol–water partition coefficient (Wildman–Crippen LogP) is 2.15. The van der Waals surface area contributed by atoms with Gasteiger partial charge in [0, 0.05) is 51.0 Å². The third kappa shape index (κ3) is 4.34. The van der Waals surface area contributed by atoms with E-state index >= 15 is 0 Å². The zero-order chi connectivity index (χ0) is 18.7. The van der Waals surface area contributed by atoms with E-state index in [1.54, 1.807) is 7.11 Å². The minimum absolute atomic E-state index is 0.230. The van der Waals surface area contributed by atoms with Crippen molar-refractivity contribution in [1.29, 1.82) is 0 Å². The molecule has 0 bridgehead atoms. The van der Waals surface area contributed by atoms with Gasteiger partial charge in [0.2, 0.25) is 0 Å². The lowest BCUT2D eigenvalue weighted by molar-refractivity contribution is 0.0703. The Hall–Kier alpha value is -1.89. The van der Waals surface area contributed by atoms with Crippen LogP contribution in [0.25, 0.3) is 0 Å². The number of imidazole rings is 1. The van der Waals surface area contributed by atoms with Crippen molar-refractivity contribution in [1.82, 2.24) is 19.4 Å². The first-order valence-electron chi connectivity index (χ1n) is 9.77. The monoisotopic (exact) mass is 370 g/mol. The summed E-state index contributed by atoms with van der Waals surface area (Å²) in [6.07, 6.45) is 5.09. The number of rotatable bonds is 5. The van der Waals surface area contributed by atoms with E-state index in [1.165, 1.54) is 12.0 Å². The first kappa shape index (κ1) is 18.5. The summed E-state index contributed by atoms with van der Waals surface area (Å²) in [5.41, 5.74) is 1.56. The zero-order valence-electron chi connectivity index (χ0n) is 16.4. The summed E-state index contributed by atoms with van der Waals surface area (Å²) in [4.78, 5) is 9.57. The lowest BCUT2D eigenvalue weighted by atomic mass is 9.87. The molecule has 0 amide bonds. The van der Waals surface area contributed by atoms with E-state index in [0.717, 1.165) is 64.1 Å². The Morgan fingerprint density at radius 1 is 1.11 bits per heavy atom. The van der Waals surface area contributed by atoms with Crippen LogP contribution in [0.5, 0.6) is 5.75 Å². The van der Waals surface area contributed by atoms with Gasteiger partial charge in [-0.1, -0.05) is 12.1 Å². The van der Waals surface area contributed by atoms with Crippen molar-refractivity contribution in [3.8, 4) is 5.75 Å². The molecule has 0 saturated carbocycles. The van der Waals surface area contributed by atoms with E-state index in [9.17, 15) is 0 Å². The van der Waals surface area contributed by atoms with Gasteiger partial charge < -0.3 is 14.0 Å². The van der Waals surface area contributed by atoms with Crippen LogP contribution in [0.2, 0.25) is 0 Å². The van der Waals surface area contributed by atoms with Crippen molar-refractivity contribution >= 4 is 0 Å². The molecule has 0 N–H and O–H groups in total. The molecule has 4 rings (SSSR count).